The molecule has 4 nitrogen and oxygen atoms in total. The second-order valence-corrected chi connectivity index (χ2v) is 6.28. The van der Waals surface area contributed by atoms with Gasteiger partial charge in [-0.2, -0.15) is 0 Å². The Balaban J connectivity index is 1.90. The van der Waals surface area contributed by atoms with Gasteiger partial charge in [0.2, 0.25) is 0 Å². The number of aromatic nitrogens is 2. The first-order chi connectivity index (χ1) is 9.31. The van der Waals surface area contributed by atoms with Crippen molar-refractivity contribution in [2.45, 2.75) is 45.1 Å². The zero-order valence-electron chi connectivity index (χ0n) is 11.4. The van der Waals surface area contributed by atoms with Crippen LogP contribution >= 0.6 is 15.9 Å². The average Bonchev–Trinajstić information content (AvgIpc) is 2.90. The minimum atomic E-state index is 0.689. The number of hydrogen-bond acceptors (Lipinski definition) is 4. The van der Waals surface area contributed by atoms with E-state index in [1.54, 1.807) is 6.33 Å². The van der Waals surface area contributed by atoms with Gasteiger partial charge in [-0.15, -0.1) is 0 Å². The van der Waals surface area contributed by atoms with E-state index < -0.39 is 0 Å². The second kappa shape index (κ2) is 5.65. The summed E-state index contributed by atoms with van der Waals surface area (Å²) in [6, 6.07) is 0.689. The smallest absolute Gasteiger partial charge is 0.148 e. The molecule has 1 saturated heterocycles. The first-order valence-corrected chi connectivity index (χ1v) is 8.11. The Bertz CT molecular complexity index is 451. The molecule has 1 aromatic rings. The highest BCUT2D eigenvalue weighted by atomic mass is 79.9. The van der Waals surface area contributed by atoms with Crippen LogP contribution < -0.4 is 10.2 Å². The predicted molar refractivity (Wildman–Crippen MR) is 81.6 cm³/mol. The molecule has 2 heterocycles. The lowest BCUT2D eigenvalue weighted by Gasteiger charge is -2.39. The standard InChI is InChI=1S/C14H21BrN4/c1-2-16-13-12(15)14(18-9-17-13)19-8-4-6-10-5-3-7-11(10)19/h9-11H,2-8H2,1H3,(H,16,17,18). The maximum Gasteiger partial charge on any atom is 0.148 e. The SMILES string of the molecule is CCNc1ncnc(N2CCCC3CCCC32)c1Br. The molecule has 0 aromatic carbocycles. The zero-order chi connectivity index (χ0) is 13.2. The fraction of sp³-hybridized carbons (Fsp3) is 0.714. The van der Waals surface area contributed by atoms with E-state index in [4.69, 9.17) is 0 Å². The van der Waals surface area contributed by atoms with E-state index in [0.29, 0.717) is 6.04 Å². The van der Waals surface area contributed by atoms with E-state index in [2.05, 4.69) is 43.0 Å². The highest BCUT2D eigenvalue weighted by Gasteiger charge is 2.36. The maximum absolute atomic E-state index is 4.53. The van der Waals surface area contributed by atoms with Gasteiger partial charge in [-0.3, -0.25) is 0 Å². The van der Waals surface area contributed by atoms with Gasteiger partial charge in [0.15, 0.2) is 0 Å². The topological polar surface area (TPSA) is 41.1 Å². The summed E-state index contributed by atoms with van der Waals surface area (Å²) in [7, 11) is 0. The van der Waals surface area contributed by atoms with Gasteiger partial charge in [0.25, 0.3) is 0 Å². The number of rotatable bonds is 3. The molecule has 1 aromatic heterocycles. The lowest BCUT2D eigenvalue weighted by atomic mass is 9.92. The van der Waals surface area contributed by atoms with Crippen LogP contribution in [0.2, 0.25) is 0 Å². The minimum Gasteiger partial charge on any atom is -0.369 e. The number of halogens is 1. The largest absolute Gasteiger partial charge is 0.369 e. The van der Waals surface area contributed by atoms with Gasteiger partial charge < -0.3 is 10.2 Å². The van der Waals surface area contributed by atoms with Crippen molar-refractivity contribution >= 4 is 27.6 Å². The second-order valence-electron chi connectivity index (χ2n) is 5.48. The molecule has 1 aliphatic heterocycles. The number of nitrogens with zero attached hydrogens (tertiary/aromatic N) is 3. The molecule has 1 aliphatic carbocycles. The van der Waals surface area contributed by atoms with Gasteiger partial charge in [-0.1, -0.05) is 6.42 Å². The summed E-state index contributed by atoms with van der Waals surface area (Å²) in [6.45, 7) is 4.09. The van der Waals surface area contributed by atoms with E-state index in [1.807, 2.05) is 0 Å². The van der Waals surface area contributed by atoms with Crippen molar-refractivity contribution in [3.63, 3.8) is 0 Å². The van der Waals surface area contributed by atoms with Crippen LogP contribution in [0.4, 0.5) is 11.6 Å². The van der Waals surface area contributed by atoms with E-state index >= 15 is 0 Å². The Kier molecular flexibility index (Phi) is 3.91. The summed E-state index contributed by atoms with van der Waals surface area (Å²) in [5, 5.41) is 3.29. The molecule has 1 saturated carbocycles. The van der Waals surface area contributed by atoms with Gasteiger partial charge in [0, 0.05) is 19.1 Å². The highest BCUT2D eigenvalue weighted by Crippen LogP contribution is 2.41. The zero-order valence-corrected chi connectivity index (χ0v) is 13.0. The van der Waals surface area contributed by atoms with Crippen molar-refractivity contribution in [2.75, 3.05) is 23.3 Å². The molecular formula is C14H21BrN4. The third kappa shape index (κ3) is 2.45. The Morgan fingerprint density at radius 2 is 2.16 bits per heavy atom. The molecule has 104 valence electrons. The molecule has 0 spiro atoms. The van der Waals surface area contributed by atoms with Crippen LogP contribution in [0, 0.1) is 5.92 Å². The van der Waals surface area contributed by atoms with Gasteiger partial charge >= 0.3 is 0 Å². The number of fused-ring (bicyclic) bond motifs is 1. The number of nitrogens with one attached hydrogen (secondary N) is 1. The lowest BCUT2D eigenvalue weighted by Crippen LogP contribution is -2.43. The normalized spacial score (nSPS) is 26.3. The first kappa shape index (κ1) is 13.2. The van der Waals surface area contributed by atoms with E-state index in [1.165, 1.54) is 32.1 Å². The van der Waals surface area contributed by atoms with Crippen molar-refractivity contribution in [1.82, 2.24) is 9.97 Å². The Hall–Kier alpha value is -0.840. The molecule has 5 heteroatoms. The fourth-order valence-corrected chi connectivity index (χ4v) is 4.14. The summed E-state index contributed by atoms with van der Waals surface area (Å²) in [4.78, 5) is 11.4. The third-order valence-corrected chi connectivity index (χ3v) is 5.11. The molecule has 19 heavy (non-hydrogen) atoms. The summed E-state index contributed by atoms with van der Waals surface area (Å²) in [5.74, 6) is 2.85. The molecule has 3 rings (SSSR count). The van der Waals surface area contributed by atoms with Crippen molar-refractivity contribution in [1.29, 1.82) is 0 Å². The van der Waals surface area contributed by atoms with Crippen LogP contribution in [-0.4, -0.2) is 29.1 Å². The van der Waals surface area contributed by atoms with E-state index in [0.717, 1.165) is 35.1 Å². The molecule has 2 unspecified atom stereocenters. The van der Waals surface area contributed by atoms with Crippen LogP contribution in [0.25, 0.3) is 0 Å². The van der Waals surface area contributed by atoms with Crippen molar-refractivity contribution in [3.8, 4) is 0 Å². The lowest BCUT2D eigenvalue weighted by molar-refractivity contribution is 0.360. The highest BCUT2D eigenvalue weighted by molar-refractivity contribution is 9.10. The summed E-state index contributed by atoms with van der Waals surface area (Å²) >= 11 is 3.69. The van der Waals surface area contributed by atoms with Crippen molar-refractivity contribution < 1.29 is 0 Å². The van der Waals surface area contributed by atoms with Crippen LogP contribution in [0.3, 0.4) is 0 Å². The van der Waals surface area contributed by atoms with Crippen LogP contribution in [-0.2, 0) is 0 Å². The van der Waals surface area contributed by atoms with Gasteiger partial charge in [0.05, 0.1) is 0 Å². The van der Waals surface area contributed by atoms with Gasteiger partial charge in [-0.05, 0) is 54.5 Å². The summed E-state index contributed by atoms with van der Waals surface area (Å²) in [6.07, 6.45) is 8.44. The Morgan fingerprint density at radius 3 is 3.00 bits per heavy atom. The van der Waals surface area contributed by atoms with Crippen LogP contribution in [0.15, 0.2) is 10.8 Å². The van der Waals surface area contributed by atoms with Crippen LogP contribution in [0.5, 0.6) is 0 Å². The Labute approximate surface area is 123 Å². The number of piperidine rings is 1. The average molecular weight is 325 g/mol. The van der Waals surface area contributed by atoms with Crippen LogP contribution in [0.1, 0.15) is 39.0 Å². The molecule has 2 atom stereocenters. The van der Waals surface area contributed by atoms with Crippen molar-refractivity contribution in [3.05, 3.63) is 10.8 Å². The van der Waals surface area contributed by atoms with E-state index in [-0.39, 0.29) is 0 Å². The number of anilines is 2. The molecule has 1 N–H and O–H groups in total. The van der Waals surface area contributed by atoms with Crippen molar-refractivity contribution in [2.24, 2.45) is 5.92 Å². The predicted octanol–water partition coefficient (Wildman–Crippen LogP) is 3.44. The maximum atomic E-state index is 4.53. The third-order valence-electron chi connectivity index (χ3n) is 4.38. The quantitative estimate of drug-likeness (QED) is 0.924. The molecule has 0 bridgehead atoms. The minimum absolute atomic E-state index is 0.689. The van der Waals surface area contributed by atoms with E-state index in [9.17, 15) is 0 Å². The number of hydrogen-bond donors (Lipinski definition) is 1. The van der Waals surface area contributed by atoms with Gasteiger partial charge in [0.1, 0.15) is 22.4 Å². The fourth-order valence-electron chi connectivity index (χ4n) is 3.57. The summed E-state index contributed by atoms with van der Waals surface area (Å²) < 4.78 is 1.02. The molecule has 2 fully saturated rings. The molecule has 2 aliphatic rings. The molecule has 0 radical (unpaired) electrons. The Morgan fingerprint density at radius 1 is 1.32 bits per heavy atom. The first-order valence-electron chi connectivity index (χ1n) is 7.32. The molecular weight excluding hydrogens is 304 g/mol. The summed E-state index contributed by atoms with van der Waals surface area (Å²) in [5.41, 5.74) is 0. The molecule has 0 amide bonds. The monoisotopic (exact) mass is 324 g/mol. The van der Waals surface area contributed by atoms with Gasteiger partial charge in [-0.25, -0.2) is 9.97 Å².